The van der Waals surface area contributed by atoms with Crippen LogP contribution in [0.5, 0.6) is 0 Å². The smallest absolute Gasteiger partial charge is 0.137 e. The average molecular weight is 606 g/mol. The van der Waals surface area contributed by atoms with Gasteiger partial charge in [-0.05, 0) is 54.1 Å². The summed E-state index contributed by atoms with van der Waals surface area (Å²) in [7, 11) is 0. The molecular weight excluding hydrogens is 583 g/mol. The Hall–Kier alpha value is -5.84. The van der Waals surface area contributed by atoms with Gasteiger partial charge in [0.15, 0.2) is 0 Å². The van der Waals surface area contributed by atoms with Crippen molar-refractivity contribution in [3.05, 3.63) is 140 Å². The number of rotatable bonds is 2. The molecule has 0 spiro atoms. The third-order valence-corrected chi connectivity index (χ3v) is 10.8. The summed E-state index contributed by atoms with van der Waals surface area (Å²) < 4.78 is 17.6. The summed E-state index contributed by atoms with van der Waals surface area (Å²) in [6.45, 7) is 0. The fourth-order valence-corrected chi connectivity index (χ4v) is 8.81. The average Bonchev–Trinajstić information content (AvgIpc) is 3.85. The highest BCUT2D eigenvalue weighted by molar-refractivity contribution is 7.26. The fraction of sp³-hybridized carbons (Fsp3) is 0. The van der Waals surface area contributed by atoms with Gasteiger partial charge in [-0.25, -0.2) is 0 Å². The van der Waals surface area contributed by atoms with Crippen molar-refractivity contribution in [3.8, 4) is 16.8 Å². The Morgan fingerprint density at radius 2 is 1.11 bits per heavy atom. The number of hydrogen-bond acceptors (Lipinski definition) is 3. The molecule has 0 N–H and O–H groups in total. The Morgan fingerprint density at radius 1 is 0.413 bits per heavy atom. The molecule has 0 amide bonds. The minimum absolute atomic E-state index is 0.908. The van der Waals surface area contributed by atoms with Gasteiger partial charge < -0.3 is 13.4 Å². The van der Waals surface area contributed by atoms with E-state index in [1.165, 1.54) is 53.0 Å². The molecule has 3 nitrogen and oxygen atoms in total. The lowest BCUT2D eigenvalue weighted by atomic mass is 9.98. The second-order valence-corrected chi connectivity index (χ2v) is 13.1. The van der Waals surface area contributed by atoms with Crippen LogP contribution in [0.15, 0.2) is 148 Å². The van der Waals surface area contributed by atoms with Crippen molar-refractivity contribution in [1.29, 1.82) is 0 Å². The van der Waals surface area contributed by atoms with Gasteiger partial charge in [0, 0.05) is 69.8 Å². The topological polar surface area (TPSA) is 31.2 Å². The monoisotopic (exact) mass is 605 g/mol. The van der Waals surface area contributed by atoms with E-state index in [4.69, 9.17) is 8.83 Å². The van der Waals surface area contributed by atoms with Crippen molar-refractivity contribution in [3.63, 3.8) is 0 Å². The van der Waals surface area contributed by atoms with Crippen LogP contribution in [0.25, 0.3) is 103 Å². The summed E-state index contributed by atoms with van der Waals surface area (Å²) >= 11 is 1.86. The van der Waals surface area contributed by atoms with E-state index in [0.717, 1.165) is 49.7 Å². The van der Waals surface area contributed by atoms with E-state index in [9.17, 15) is 0 Å². The van der Waals surface area contributed by atoms with Crippen molar-refractivity contribution in [2.75, 3.05) is 0 Å². The van der Waals surface area contributed by atoms with E-state index in [1.54, 1.807) is 0 Å². The van der Waals surface area contributed by atoms with Gasteiger partial charge >= 0.3 is 0 Å². The Balaban J connectivity index is 1.17. The maximum atomic E-state index is 6.35. The lowest BCUT2D eigenvalue weighted by Gasteiger charge is -2.08. The van der Waals surface area contributed by atoms with Crippen LogP contribution >= 0.6 is 11.3 Å². The zero-order chi connectivity index (χ0) is 29.9. The summed E-state index contributed by atoms with van der Waals surface area (Å²) in [5.74, 6) is 0. The van der Waals surface area contributed by atoms with Crippen molar-refractivity contribution in [2.45, 2.75) is 0 Å². The minimum atomic E-state index is 0.908. The van der Waals surface area contributed by atoms with E-state index in [1.807, 2.05) is 29.5 Å². The van der Waals surface area contributed by atoms with Crippen LogP contribution < -0.4 is 0 Å². The van der Waals surface area contributed by atoms with Gasteiger partial charge in [-0.15, -0.1) is 11.3 Å². The highest BCUT2D eigenvalue weighted by Gasteiger charge is 2.19. The first-order valence-electron chi connectivity index (χ1n) is 15.5. The first-order chi connectivity index (χ1) is 22.8. The van der Waals surface area contributed by atoms with E-state index < -0.39 is 0 Å². The molecule has 4 aromatic heterocycles. The van der Waals surface area contributed by atoms with Gasteiger partial charge in [0.25, 0.3) is 0 Å². The zero-order valence-electron chi connectivity index (χ0n) is 24.5. The van der Waals surface area contributed by atoms with E-state index >= 15 is 0 Å². The molecule has 0 radical (unpaired) electrons. The molecule has 0 bridgehead atoms. The highest BCUT2D eigenvalue weighted by Crippen LogP contribution is 2.45. The first-order valence-corrected chi connectivity index (χ1v) is 16.3. The molecule has 0 saturated carbocycles. The number of fused-ring (bicyclic) bond motifs is 12. The van der Waals surface area contributed by atoms with E-state index in [2.05, 4.69) is 126 Å². The summed E-state index contributed by atoms with van der Waals surface area (Å²) in [5.41, 5.74) is 9.58. The van der Waals surface area contributed by atoms with E-state index in [-0.39, 0.29) is 0 Å². The van der Waals surface area contributed by atoms with Gasteiger partial charge in [-0.3, -0.25) is 0 Å². The molecule has 11 rings (SSSR count). The lowest BCUT2D eigenvalue weighted by Crippen LogP contribution is -1.93. The molecule has 0 aliphatic carbocycles. The lowest BCUT2D eigenvalue weighted by molar-refractivity contribution is 0.668. The quantitative estimate of drug-likeness (QED) is 0.196. The van der Waals surface area contributed by atoms with Crippen LogP contribution in [0.3, 0.4) is 0 Å². The van der Waals surface area contributed by atoms with Crippen LogP contribution in [0.2, 0.25) is 0 Å². The molecule has 0 fully saturated rings. The Kier molecular flexibility index (Phi) is 4.72. The number of aromatic nitrogens is 1. The largest absolute Gasteiger partial charge is 0.456 e. The van der Waals surface area contributed by atoms with E-state index in [0.29, 0.717) is 0 Å². The van der Waals surface area contributed by atoms with Crippen LogP contribution in [0.4, 0.5) is 0 Å². The molecule has 0 aliphatic rings. The maximum Gasteiger partial charge on any atom is 0.137 e. The minimum Gasteiger partial charge on any atom is -0.456 e. The van der Waals surface area contributed by atoms with Crippen molar-refractivity contribution < 1.29 is 8.83 Å². The summed E-state index contributed by atoms with van der Waals surface area (Å²) in [4.78, 5) is 0. The molecule has 11 aromatic rings. The molecule has 4 heteroatoms. The predicted octanol–water partition coefficient (Wildman–Crippen LogP) is 12.6. The summed E-state index contributed by atoms with van der Waals surface area (Å²) in [6, 6.07) is 49.9. The van der Waals surface area contributed by atoms with Gasteiger partial charge in [0.2, 0.25) is 0 Å². The number of furan rings is 2. The van der Waals surface area contributed by atoms with Crippen LogP contribution in [-0.2, 0) is 0 Å². The number of thiophene rings is 1. The molecule has 0 saturated heterocycles. The molecular formula is C42H23NO2S. The van der Waals surface area contributed by atoms with Crippen molar-refractivity contribution >= 4 is 97.2 Å². The van der Waals surface area contributed by atoms with Gasteiger partial charge in [0.05, 0.1) is 11.0 Å². The summed E-state index contributed by atoms with van der Waals surface area (Å²) in [6.07, 6.45) is 0. The number of para-hydroxylation sites is 3. The normalized spacial score (nSPS) is 12.3. The van der Waals surface area contributed by atoms with Gasteiger partial charge in [-0.1, -0.05) is 84.9 Å². The van der Waals surface area contributed by atoms with Crippen molar-refractivity contribution in [2.24, 2.45) is 0 Å². The molecule has 0 unspecified atom stereocenters. The zero-order valence-corrected chi connectivity index (χ0v) is 25.3. The highest BCUT2D eigenvalue weighted by atomic mass is 32.1. The maximum absolute atomic E-state index is 6.35. The standard InChI is InChI=1S/C42H23NO2S/c1-4-15-34-25(9-1)31-22-32-26-10-2-5-16-36(26)45-39(32)23-35(31)43(34)24-19-20-40-33(21-24)29-14-7-13-28(42(29)46-40)27-12-8-18-38-41(27)30-11-3-6-17-37(30)44-38/h1-23H. The van der Waals surface area contributed by atoms with Crippen LogP contribution in [0.1, 0.15) is 0 Å². The van der Waals surface area contributed by atoms with Crippen LogP contribution in [0, 0.1) is 0 Å². The third kappa shape index (κ3) is 3.21. The molecule has 46 heavy (non-hydrogen) atoms. The number of hydrogen-bond donors (Lipinski definition) is 0. The van der Waals surface area contributed by atoms with Crippen LogP contribution in [-0.4, -0.2) is 4.57 Å². The molecule has 0 atom stereocenters. The Bertz CT molecular complexity index is 3040. The van der Waals surface area contributed by atoms with Gasteiger partial charge in [-0.2, -0.15) is 0 Å². The third-order valence-electron chi connectivity index (χ3n) is 9.60. The van der Waals surface area contributed by atoms with Gasteiger partial charge in [0.1, 0.15) is 22.3 Å². The second-order valence-electron chi connectivity index (χ2n) is 12.1. The van der Waals surface area contributed by atoms with Crippen molar-refractivity contribution in [1.82, 2.24) is 4.57 Å². The molecule has 7 aromatic carbocycles. The Morgan fingerprint density at radius 3 is 2.02 bits per heavy atom. The molecule has 214 valence electrons. The number of nitrogens with zero attached hydrogens (tertiary/aromatic N) is 1. The second kappa shape index (κ2) is 8.87. The molecule has 4 heterocycles. The predicted molar refractivity (Wildman–Crippen MR) is 194 cm³/mol. The first kappa shape index (κ1) is 24.5. The SMILES string of the molecule is c1ccc2c(c1)oc1cc3c(cc12)c1ccccc1n3-c1ccc2sc3c(-c4cccc5oc6ccccc6c45)cccc3c2c1. The Labute approximate surface area is 266 Å². The number of benzene rings is 7. The fourth-order valence-electron chi connectivity index (χ4n) is 7.60. The summed E-state index contributed by atoms with van der Waals surface area (Å²) in [5, 5.41) is 9.62. The molecule has 0 aliphatic heterocycles.